The summed E-state index contributed by atoms with van der Waals surface area (Å²) in [4.78, 5) is 4.42. The summed E-state index contributed by atoms with van der Waals surface area (Å²) < 4.78 is 2.15. The van der Waals surface area contributed by atoms with Crippen LogP contribution in [0.1, 0.15) is 31.2 Å². The summed E-state index contributed by atoms with van der Waals surface area (Å²) >= 11 is 5.91. The zero-order valence-corrected chi connectivity index (χ0v) is 11.6. The Morgan fingerprint density at radius 1 is 1.21 bits per heavy atom. The molecule has 100 valence electrons. The van der Waals surface area contributed by atoms with Gasteiger partial charge in [0.05, 0.1) is 6.54 Å². The van der Waals surface area contributed by atoms with Crippen molar-refractivity contribution in [2.75, 3.05) is 5.32 Å². The van der Waals surface area contributed by atoms with Gasteiger partial charge in [-0.05, 0) is 30.5 Å². The first-order valence-corrected chi connectivity index (χ1v) is 7.21. The Morgan fingerprint density at radius 3 is 2.68 bits per heavy atom. The predicted molar refractivity (Wildman–Crippen MR) is 78.7 cm³/mol. The third-order valence-electron chi connectivity index (χ3n) is 3.67. The highest BCUT2D eigenvalue weighted by Gasteiger charge is 2.16. The van der Waals surface area contributed by atoms with E-state index in [-0.39, 0.29) is 0 Å². The number of benzene rings is 1. The lowest BCUT2D eigenvalue weighted by atomic mass is 10.2. The lowest BCUT2D eigenvalue weighted by Gasteiger charge is -2.14. The molecule has 1 saturated carbocycles. The molecule has 2 aromatic rings. The van der Waals surface area contributed by atoms with Crippen LogP contribution in [0.25, 0.3) is 0 Å². The fourth-order valence-electron chi connectivity index (χ4n) is 2.62. The van der Waals surface area contributed by atoms with Crippen LogP contribution in [0.4, 0.5) is 5.95 Å². The summed E-state index contributed by atoms with van der Waals surface area (Å²) in [5.74, 6) is 0.974. The van der Waals surface area contributed by atoms with Crippen molar-refractivity contribution in [3.05, 3.63) is 47.2 Å². The smallest absolute Gasteiger partial charge is 0.203 e. The molecule has 1 heterocycles. The van der Waals surface area contributed by atoms with Gasteiger partial charge < -0.3 is 9.88 Å². The lowest BCUT2D eigenvalue weighted by Crippen LogP contribution is -2.18. The summed E-state index contributed by atoms with van der Waals surface area (Å²) in [7, 11) is 0. The van der Waals surface area contributed by atoms with Gasteiger partial charge in [0.25, 0.3) is 0 Å². The number of anilines is 1. The van der Waals surface area contributed by atoms with Gasteiger partial charge in [-0.25, -0.2) is 4.98 Å². The van der Waals surface area contributed by atoms with Crippen molar-refractivity contribution in [3.63, 3.8) is 0 Å². The van der Waals surface area contributed by atoms with E-state index in [1.54, 1.807) is 0 Å². The maximum absolute atomic E-state index is 5.91. The van der Waals surface area contributed by atoms with Crippen LogP contribution in [0.5, 0.6) is 0 Å². The van der Waals surface area contributed by atoms with Crippen LogP contribution in [-0.2, 0) is 6.54 Å². The molecule has 3 rings (SSSR count). The molecule has 19 heavy (non-hydrogen) atoms. The highest BCUT2D eigenvalue weighted by atomic mass is 35.5. The number of nitrogens with zero attached hydrogens (tertiary/aromatic N) is 2. The van der Waals surface area contributed by atoms with E-state index in [9.17, 15) is 0 Å². The molecule has 1 N–H and O–H groups in total. The molecule has 3 nitrogen and oxygen atoms in total. The Labute approximate surface area is 118 Å². The number of rotatable bonds is 4. The van der Waals surface area contributed by atoms with Crippen LogP contribution in [0, 0.1) is 0 Å². The van der Waals surface area contributed by atoms with Crippen LogP contribution >= 0.6 is 11.6 Å². The molecule has 1 aromatic heterocycles. The molecule has 0 radical (unpaired) electrons. The van der Waals surface area contributed by atoms with Gasteiger partial charge in [-0.15, -0.1) is 0 Å². The first-order valence-electron chi connectivity index (χ1n) is 6.83. The maximum atomic E-state index is 5.91. The average Bonchev–Trinajstić information content (AvgIpc) is 3.06. The molecule has 1 fully saturated rings. The second-order valence-corrected chi connectivity index (χ2v) is 5.57. The van der Waals surface area contributed by atoms with Crippen molar-refractivity contribution in [2.45, 2.75) is 38.3 Å². The molecule has 1 aliphatic carbocycles. The van der Waals surface area contributed by atoms with E-state index in [0.29, 0.717) is 6.04 Å². The second kappa shape index (κ2) is 5.66. The summed E-state index contributed by atoms with van der Waals surface area (Å²) in [6, 6.07) is 8.56. The standard InChI is InChI=1S/C15H18ClN3/c16-13-7-5-12(6-8-13)11-19-10-9-17-15(19)18-14-3-1-2-4-14/h5-10,14H,1-4,11H2,(H,17,18). The first-order chi connectivity index (χ1) is 9.31. The van der Waals surface area contributed by atoms with Crippen LogP contribution in [0.2, 0.25) is 5.02 Å². The summed E-state index contributed by atoms with van der Waals surface area (Å²) in [5.41, 5.74) is 1.23. The number of hydrogen-bond donors (Lipinski definition) is 1. The van der Waals surface area contributed by atoms with E-state index < -0.39 is 0 Å². The molecule has 0 aliphatic heterocycles. The zero-order chi connectivity index (χ0) is 13.1. The van der Waals surface area contributed by atoms with Crippen molar-refractivity contribution < 1.29 is 0 Å². The number of nitrogens with one attached hydrogen (secondary N) is 1. The number of hydrogen-bond acceptors (Lipinski definition) is 2. The Kier molecular flexibility index (Phi) is 3.74. The third kappa shape index (κ3) is 3.10. The minimum absolute atomic E-state index is 0.589. The van der Waals surface area contributed by atoms with E-state index in [0.717, 1.165) is 17.5 Å². The molecular weight excluding hydrogens is 258 g/mol. The Bertz CT molecular complexity index is 527. The number of halogens is 1. The quantitative estimate of drug-likeness (QED) is 0.916. The fraction of sp³-hybridized carbons (Fsp3) is 0.400. The van der Waals surface area contributed by atoms with Crippen molar-refractivity contribution in [1.82, 2.24) is 9.55 Å². The molecule has 1 aromatic carbocycles. The Balaban J connectivity index is 1.70. The van der Waals surface area contributed by atoms with Gasteiger partial charge in [-0.1, -0.05) is 36.6 Å². The molecule has 4 heteroatoms. The third-order valence-corrected chi connectivity index (χ3v) is 3.92. The molecule has 0 atom stereocenters. The first kappa shape index (κ1) is 12.5. The molecular formula is C15H18ClN3. The highest BCUT2D eigenvalue weighted by molar-refractivity contribution is 6.30. The van der Waals surface area contributed by atoms with Crippen molar-refractivity contribution >= 4 is 17.5 Å². The molecule has 0 unspecified atom stereocenters. The van der Waals surface area contributed by atoms with Gasteiger partial charge in [-0.2, -0.15) is 0 Å². The summed E-state index contributed by atoms with van der Waals surface area (Å²) in [6.07, 6.45) is 9.05. The zero-order valence-electron chi connectivity index (χ0n) is 10.8. The number of aromatic nitrogens is 2. The van der Waals surface area contributed by atoms with Crippen molar-refractivity contribution in [2.24, 2.45) is 0 Å². The van der Waals surface area contributed by atoms with E-state index in [2.05, 4.69) is 27.0 Å². The molecule has 0 amide bonds. The monoisotopic (exact) mass is 275 g/mol. The second-order valence-electron chi connectivity index (χ2n) is 5.13. The minimum Gasteiger partial charge on any atom is -0.353 e. The van der Waals surface area contributed by atoms with Gasteiger partial charge >= 0.3 is 0 Å². The van der Waals surface area contributed by atoms with Crippen LogP contribution in [0.3, 0.4) is 0 Å². The fourth-order valence-corrected chi connectivity index (χ4v) is 2.74. The van der Waals surface area contributed by atoms with Crippen LogP contribution in [-0.4, -0.2) is 15.6 Å². The molecule has 1 aliphatic rings. The Hall–Kier alpha value is -1.48. The Morgan fingerprint density at radius 2 is 1.95 bits per heavy atom. The SMILES string of the molecule is Clc1ccc(Cn2ccnc2NC2CCCC2)cc1. The van der Waals surface area contributed by atoms with Gasteiger partial charge in [0.2, 0.25) is 5.95 Å². The normalized spacial score (nSPS) is 15.8. The molecule has 0 spiro atoms. The number of imidazole rings is 1. The minimum atomic E-state index is 0.589. The van der Waals surface area contributed by atoms with E-state index >= 15 is 0 Å². The van der Waals surface area contributed by atoms with Gasteiger partial charge in [-0.3, -0.25) is 0 Å². The predicted octanol–water partition coefficient (Wildman–Crippen LogP) is 3.94. The molecule has 0 saturated heterocycles. The van der Waals surface area contributed by atoms with Crippen molar-refractivity contribution in [1.29, 1.82) is 0 Å². The van der Waals surface area contributed by atoms with Crippen molar-refractivity contribution in [3.8, 4) is 0 Å². The summed E-state index contributed by atoms with van der Waals surface area (Å²) in [5, 5.41) is 4.32. The molecule has 0 bridgehead atoms. The van der Waals surface area contributed by atoms with Crippen LogP contribution in [0.15, 0.2) is 36.7 Å². The average molecular weight is 276 g/mol. The maximum Gasteiger partial charge on any atom is 0.203 e. The largest absolute Gasteiger partial charge is 0.353 e. The van der Waals surface area contributed by atoms with E-state index in [1.807, 2.05) is 24.5 Å². The van der Waals surface area contributed by atoms with E-state index in [4.69, 9.17) is 11.6 Å². The lowest BCUT2D eigenvalue weighted by molar-refractivity contribution is 0.716. The van der Waals surface area contributed by atoms with Gasteiger partial charge in [0.15, 0.2) is 0 Å². The van der Waals surface area contributed by atoms with Crippen LogP contribution < -0.4 is 5.32 Å². The highest BCUT2D eigenvalue weighted by Crippen LogP contribution is 2.22. The van der Waals surface area contributed by atoms with Gasteiger partial charge in [0, 0.05) is 23.5 Å². The van der Waals surface area contributed by atoms with E-state index in [1.165, 1.54) is 31.2 Å². The topological polar surface area (TPSA) is 29.9 Å². The van der Waals surface area contributed by atoms with Gasteiger partial charge in [0.1, 0.15) is 0 Å². The summed E-state index contributed by atoms with van der Waals surface area (Å²) in [6.45, 7) is 0.826.